The van der Waals surface area contributed by atoms with Gasteiger partial charge in [0.2, 0.25) is 0 Å². The van der Waals surface area contributed by atoms with E-state index in [0.29, 0.717) is 11.1 Å². The summed E-state index contributed by atoms with van der Waals surface area (Å²) < 4.78 is 49.7. The Hall–Kier alpha value is -2.71. The van der Waals surface area contributed by atoms with E-state index in [1.54, 1.807) is 12.1 Å². The van der Waals surface area contributed by atoms with Gasteiger partial charge in [0.15, 0.2) is 0 Å². The molecular formula is C19H15F3O6. The van der Waals surface area contributed by atoms with Crippen molar-refractivity contribution >= 4 is 23.9 Å². The van der Waals surface area contributed by atoms with Crippen LogP contribution in [0.5, 0.6) is 0 Å². The number of esters is 4. The van der Waals surface area contributed by atoms with Crippen molar-refractivity contribution in [2.45, 2.75) is 37.3 Å². The molecule has 0 N–H and O–H groups in total. The number of ether oxygens (including phenoxy) is 2. The fraction of sp³-hybridized carbons (Fsp3) is 0.474. The Labute approximate surface area is 157 Å². The number of carbonyl (C=O) groups is 4. The van der Waals surface area contributed by atoms with E-state index in [1.165, 1.54) is 19.1 Å². The zero-order valence-electron chi connectivity index (χ0n) is 14.6. The summed E-state index contributed by atoms with van der Waals surface area (Å²) >= 11 is 0. The number of rotatable bonds is 2. The Kier molecular flexibility index (Phi) is 3.92. The van der Waals surface area contributed by atoms with E-state index < -0.39 is 72.0 Å². The minimum absolute atomic E-state index is 0.328. The van der Waals surface area contributed by atoms with E-state index in [2.05, 4.69) is 9.47 Å². The van der Waals surface area contributed by atoms with Crippen LogP contribution < -0.4 is 0 Å². The Balaban J connectivity index is 1.97. The van der Waals surface area contributed by atoms with Gasteiger partial charge in [-0.2, -0.15) is 13.2 Å². The summed E-state index contributed by atoms with van der Waals surface area (Å²) in [5.74, 6) is -8.91. The topological polar surface area (TPSA) is 86.7 Å². The smallest absolute Gasteiger partial charge is 0.389 e. The molecule has 1 aliphatic carbocycles. The van der Waals surface area contributed by atoms with Gasteiger partial charge in [-0.05, 0) is 17.0 Å². The first-order valence-corrected chi connectivity index (χ1v) is 8.70. The van der Waals surface area contributed by atoms with E-state index in [4.69, 9.17) is 0 Å². The van der Waals surface area contributed by atoms with Crippen LogP contribution in [0.25, 0.3) is 0 Å². The number of alkyl halides is 3. The zero-order chi connectivity index (χ0) is 20.4. The number of halogens is 3. The molecule has 4 rings (SSSR count). The highest BCUT2D eigenvalue weighted by molar-refractivity contribution is 6.01. The maximum absolute atomic E-state index is 13.5. The molecule has 0 bridgehead atoms. The fourth-order valence-electron chi connectivity index (χ4n) is 5.03. The molecule has 2 aliphatic heterocycles. The quantitative estimate of drug-likeness (QED) is 0.564. The molecule has 2 fully saturated rings. The molecule has 148 valence electrons. The number of hydrogen-bond donors (Lipinski definition) is 0. The lowest BCUT2D eigenvalue weighted by Gasteiger charge is -2.48. The molecular weight excluding hydrogens is 381 g/mol. The third-order valence-electron chi connectivity index (χ3n) is 6.21. The normalized spacial score (nSPS) is 34.7. The van der Waals surface area contributed by atoms with E-state index in [9.17, 15) is 32.3 Å². The third kappa shape index (κ3) is 2.56. The van der Waals surface area contributed by atoms with Gasteiger partial charge in [-0.1, -0.05) is 31.2 Å². The predicted octanol–water partition coefficient (Wildman–Crippen LogP) is 2.40. The molecule has 0 spiro atoms. The molecule has 6 nitrogen and oxygen atoms in total. The van der Waals surface area contributed by atoms with Crippen molar-refractivity contribution in [3.63, 3.8) is 0 Å². The lowest BCUT2D eigenvalue weighted by Crippen LogP contribution is -2.52. The van der Waals surface area contributed by atoms with Gasteiger partial charge >= 0.3 is 30.1 Å². The SMILES string of the molecule is CC1(C2CC(=O)OC2=O)c2ccccc2C2C(=O)OC(=O)C2C1CC(F)(F)F. The lowest BCUT2D eigenvalue weighted by molar-refractivity contribution is -0.168. The lowest BCUT2D eigenvalue weighted by atomic mass is 9.51. The van der Waals surface area contributed by atoms with Gasteiger partial charge in [-0.25, -0.2) is 0 Å². The van der Waals surface area contributed by atoms with Gasteiger partial charge in [0, 0.05) is 11.8 Å². The summed E-state index contributed by atoms with van der Waals surface area (Å²) in [7, 11) is 0. The Morgan fingerprint density at radius 2 is 1.71 bits per heavy atom. The third-order valence-corrected chi connectivity index (χ3v) is 6.21. The van der Waals surface area contributed by atoms with Crippen LogP contribution in [0.15, 0.2) is 24.3 Å². The fourth-order valence-corrected chi connectivity index (χ4v) is 5.03. The first-order valence-electron chi connectivity index (χ1n) is 8.70. The first kappa shape index (κ1) is 18.6. The van der Waals surface area contributed by atoms with Crippen LogP contribution >= 0.6 is 0 Å². The molecule has 1 aromatic carbocycles. The summed E-state index contributed by atoms with van der Waals surface area (Å²) in [6.45, 7) is 1.43. The van der Waals surface area contributed by atoms with Gasteiger partial charge in [-0.15, -0.1) is 0 Å². The minimum Gasteiger partial charge on any atom is -0.393 e. The molecule has 0 radical (unpaired) electrons. The van der Waals surface area contributed by atoms with Crippen molar-refractivity contribution in [3.8, 4) is 0 Å². The number of fused-ring (bicyclic) bond motifs is 3. The van der Waals surface area contributed by atoms with E-state index in [-0.39, 0.29) is 0 Å². The monoisotopic (exact) mass is 396 g/mol. The van der Waals surface area contributed by atoms with Crippen LogP contribution in [0.1, 0.15) is 36.8 Å². The number of benzene rings is 1. The number of hydrogen-bond acceptors (Lipinski definition) is 6. The van der Waals surface area contributed by atoms with Crippen LogP contribution in [-0.2, 0) is 34.1 Å². The highest BCUT2D eigenvalue weighted by Crippen LogP contribution is 2.59. The van der Waals surface area contributed by atoms with Crippen molar-refractivity contribution in [2.24, 2.45) is 17.8 Å². The molecule has 1 aromatic rings. The van der Waals surface area contributed by atoms with Crippen LogP contribution in [0.3, 0.4) is 0 Å². The minimum atomic E-state index is -4.67. The van der Waals surface area contributed by atoms with Crippen LogP contribution in [0, 0.1) is 17.8 Å². The van der Waals surface area contributed by atoms with Crippen molar-refractivity contribution in [2.75, 3.05) is 0 Å². The summed E-state index contributed by atoms with van der Waals surface area (Å²) in [6.07, 6.45) is -6.46. The highest BCUT2D eigenvalue weighted by Gasteiger charge is 2.65. The largest absolute Gasteiger partial charge is 0.393 e. The van der Waals surface area contributed by atoms with Gasteiger partial charge in [0.25, 0.3) is 0 Å². The molecule has 3 aliphatic rings. The van der Waals surface area contributed by atoms with Crippen molar-refractivity contribution in [1.82, 2.24) is 0 Å². The predicted molar refractivity (Wildman–Crippen MR) is 84.5 cm³/mol. The summed E-state index contributed by atoms with van der Waals surface area (Å²) in [5, 5.41) is 0. The second kappa shape index (κ2) is 5.89. The van der Waals surface area contributed by atoms with Crippen LogP contribution in [0.2, 0.25) is 0 Å². The maximum Gasteiger partial charge on any atom is 0.389 e. The van der Waals surface area contributed by atoms with Crippen molar-refractivity contribution in [3.05, 3.63) is 35.4 Å². The molecule has 2 heterocycles. The Morgan fingerprint density at radius 1 is 1.04 bits per heavy atom. The second-order valence-corrected chi connectivity index (χ2v) is 7.59. The first-order chi connectivity index (χ1) is 13.0. The molecule has 0 saturated carbocycles. The van der Waals surface area contributed by atoms with Crippen LogP contribution in [-0.4, -0.2) is 30.1 Å². The molecule has 0 aromatic heterocycles. The van der Waals surface area contributed by atoms with Gasteiger partial charge in [0.1, 0.15) is 0 Å². The standard InChI is InChI=1S/C19H15F3O6/c1-18(10-6-12(23)27-15(10)24)9-5-3-2-4-8(9)13-14(17(26)28-16(13)25)11(18)7-19(20,21)22/h2-5,10-11,13-14H,6-7H2,1H3. The molecule has 5 atom stereocenters. The van der Waals surface area contributed by atoms with Gasteiger partial charge < -0.3 is 9.47 Å². The van der Waals surface area contributed by atoms with E-state index in [1.807, 2.05) is 0 Å². The molecule has 2 saturated heterocycles. The summed E-state index contributed by atoms with van der Waals surface area (Å²) in [5.41, 5.74) is -0.870. The molecule has 0 amide bonds. The van der Waals surface area contributed by atoms with Crippen molar-refractivity contribution in [1.29, 1.82) is 0 Å². The highest BCUT2D eigenvalue weighted by atomic mass is 19.4. The summed E-state index contributed by atoms with van der Waals surface area (Å²) in [4.78, 5) is 48.7. The zero-order valence-corrected chi connectivity index (χ0v) is 14.6. The Bertz CT molecular complexity index is 907. The summed E-state index contributed by atoms with van der Waals surface area (Å²) in [6, 6.07) is 6.24. The maximum atomic E-state index is 13.5. The second-order valence-electron chi connectivity index (χ2n) is 7.59. The van der Waals surface area contributed by atoms with Crippen molar-refractivity contribution < 1.29 is 41.8 Å². The number of cyclic esters (lactones) is 4. The average Bonchev–Trinajstić information content (AvgIpc) is 3.09. The van der Waals surface area contributed by atoms with Gasteiger partial charge in [-0.3, -0.25) is 19.2 Å². The van der Waals surface area contributed by atoms with Gasteiger partial charge in [0.05, 0.1) is 24.2 Å². The Morgan fingerprint density at radius 3 is 2.32 bits per heavy atom. The number of carbonyl (C=O) groups excluding carboxylic acids is 4. The van der Waals surface area contributed by atoms with E-state index >= 15 is 0 Å². The molecule has 9 heteroatoms. The van der Waals surface area contributed by atoms with E-state index in [0.717, 1.165) is 0 Å². The van der Waals surface area contributed by atoms with Crippen LogP contribution in [0.4, 0.5) is 13.2 Å². The molecule has 28 heavy (non-hydrogen) atoms. The molecule has 5 unspecified atom stereocenters. The average molecular weight is 396 g/mol.